The van der Waals surface area contributed by atoms with Gasteiger partial charge >= 0.3 is 0 Å². The Kier molecular flexibility index (Phi) is 4.82. The Labute approximate surface area is 131 Å². The standard InChI is InChI=1S/C14H17BrN2O4/c1-16(8-9-5-10(15)6-9)14(18)12-4-3-11(17(19)20)7-13(12)21-2/h3-4,7,9-10H,5-6,8H2,1-2H3. The molecule has 0 radical (unpaired) electrons. The molecule has 0 N–H and O–H groups in total. The number of ether oxygens (including phenoxy) is 1. The van der Waals surface area contributed by atoms with E-state index in [2.05, 4.69) is 15.9 Å². The minimum atomic E-state index is -0.509. The van der Waals surface area contributed by atoms with Crippen LogP contribution in [0.5, 0.6) is 5.75 Å². The summed E-state index contributed by atoms with van der Waals surface area (Å²) in [5, 5.41) is 10.8. The average Bonchev–Trinajstić information content (AvgIpc) is 2.43. The number of amides is 1. The first kappa shape index (κ1) is 15.8. The van der Waals surface area contributed by atoms with E-state index in [9.17, 15) is 14.9 Å². The number of benzene rings is 1. The van der Waals surface area contributed by atoms with Crippen LogP contribution in [0.1, 0.15) is 23.2 Å². The molecule has 21 heavy (non-hydrogen) atoms. The number of hydrogen-bond donors (Lipinski definition) is 0. The molecule has 0 unspecified atom stereocenters. The lowest BCUT2D eigenvalue weighted by Gasteiger charge is -2.34. The van der Waals surface area contributed by atoms with Gasteiger partial charge in [-0.3, -0.25) is 14.9 Å². The second-order valence-electron chi connectivity index (χ2n) is 5.26. The third-order valence-electron chi connectivity index (χ3n) is 3.68. The molecule has 0 atom stereocenters. The van der Waals surface area contributed by atoms with Crippen LogP contribution in [0.3, 0.4) is 0 Å². The van der Waals surface area contributed by atoms with Crippen LogP contribution in [0.2, 0.25) is 0 Å². The van der Waals surface area contributed by atoms with Crippen molar-refractivity contribution in [2.24, 2.45) is 5.92 Å². The molecular formula is C14H17BrN2O4. The summed E-state index contributed by atoms with van der Waals surface area (Å²) in [6.45, 7) is 0.682. The van der Waals surface area contributed by atoms with Crippen LogP contribution < -0.4 is 4.74 Å². The maximum atomic E-state index is 12.4. The van der Waals surface area contributed by atoms with Crippen LogP contribution in [0.15, 0.2) is 18.2 Å². The monoisotopic (exact) mass is 356 g/mol. The lowest BCUT2D eigenvalue weighted by molar-refractivity contribution is -0.384. The minimum absolute atomic E-state index is 0.0906. The molecule has 1 fully saturated rings. The maximum absolute atomic E-state index is 12.4. The molecule has 1 aliphatic carbocycles. The molecule has 0 heterocycles. The fourth-order valence-corrected chi connectivity index (χ4v) is 3.51. The first-order valence-electron chi connectivity index (χ1n) is 6.64. The van der Waals surface area contributed by atoms with Gasteiger partial charge in [-0.1, -0.05) is 15.9 Å². The van der Waals surface area contributed by atoms with Gasteiger partial charge < -0.3 is 9.64 Å². The number of alkyl halides is 1. The largest absolute Gasteiger partial charge is 0.496 e. The number of halogens is 1. The van der Waals surface area contributed by atoms with E-state index in [4.69, 9.17) is 4.74 Å². The summed E-state index contributed by atoms with van der Waals surface area (Å²) in [6, 6.07) is 4.05. The van der Waals surface area contributed by atoms with E-state index in [1.807, 2.05) is 0 Å². The third-order valence-corrected chi connectivity index (χ3v) is 4.43. The molecule has 0 bridgehead atoms. The molecule has 1 aromatic rings. The van der Waals surface area contributed by atoms with Gasteiger partial charge in [0.15, 0.2) is 0 Å². The summed E-state index contributed by atoms with van der Waals surface area (Å²) in [5.41, 5.74) is 0.257. The van der Waals surface area contributed by atoms with Crippen LogP contribution in [-0.4, -0.2) is 41.3 Å². The van der Waals surface area contributed by atoms with Crippen LogP contribution in [0, 0.1) is 16.0 Å². The maximum Gasteiger partial charge on any atom is 0.273 e. The van der Waals surface area contributed by atoms with Crippen molar-refractivity contribution < 1.29 is 14.5 Å². The number of carbonyl (C=O) groups excluding carboxylic acids is 1. The Balaban J connectivity index is 2.12. The molecule has 1 saturated carbocycles. The lowest BCUT2D eigenvalue weighted by Crippen LogP contribution is -2.37. The Bertz CT molecular complexity index is 558. The topological polar surface area (TPSA) is 72.7 Å². The lowest BCUT2D eigenvalue weighted by atomic mass is 9.85. The highest BCUT2D eigenvalue weighted by atomic mass is 79.9. The van der Waals surface area contributed by atoms with E-state index in [-0.39, 0.29) is 17.3 Å². The van der Waals surface area contributed by atoms with Crippen molar-refractivity contribution in [2.75, 3.05) is 20.7 Å². The molecule has 0 spiro atoms. The Morgan fingerprint density at radius 1 is 1.52 bits per heavy atom. The molecular weight excluding hydrogens is 340 g/mol. The highest BCUT2D eigenvalue weighted by Gasteiger charge is 2.29. The Hall–Kier alpha value is -1.63. The number of nitro benzene ring substituents is 1. The van der Waals surface area contributed by atoms with Crippen molar-refractivity contribution in [2.45, 2.75) is 17.7 Å². The number of rotatable bonds is 5. The number of hydrogen-bond acceptors (Lipinski definition) is 4. The van der Waals surface area contributed by atoms with Crippen LogP contribution in [0.25, 0.3) is 0 Å². The van der Waals surface area contributed by atoms with Gasteiger partial charge in [-0.05, 0) is 24.8 Å². The van der Waals surface area contributed by atoms with Crippen LogP contribution in [0.4, 0.5) is 5.69 Å². The zero-order valence-corrected chi connectivity index (χ0v) is 13.5. The van der Waals surface area contributed by atoms with E-state index < -0.39 is 4.92 Å². The first-order chi connectivity index (χ1) is 9.92. The number of nitrogens with zero attached hydrogens (tertiary/aromatic N) is 2. The van der Waals surface area contributed by atoms with Gasteiger partial charge in [0.1, 0.15) is 5.75 Å². The van der Waals surface area contributed by atoms with Crippen LogP contribution >= 0.6 is 15.9 Å². The summed E-state index contributed by atoms with van der Waals surface area (Å²) in [7, 11) is 3.14. The fourth-order valence-electron chi connectivity index (χ4n) is 2.45. The molecule has 1 aliphatic rings. The first-order valence-corrected chi connectivity index (χ1v) is 7.56. The summed E-state index contributed by atoms with van der Waals surface area (Å²) in [4.78, 5) is 24.9. The van der Waals surface area contributed by atoms with Gasteiger partial charge in [0, 0.05) is 24.5 Å². The molecule has 0 saturated heterocycles. The van der Waals surface area contributed by atoms with E-state index in [1.54, 1.807) is 11.9 Å². The zero-order valence-electron chi connectivity index (χ0n) is 11.9. The van der Waals surface area contributed by atoms with Crippen molar-refractivity contribution in [3.8, 4) is 5.75 Å². The van der Waals surface area contributed by atoms with E-state index >= 15 is 0 Å². The van der Waals surface area contributed by atoms with Crippen molar-refractivity contribution >= 4 is 27.5 Å². The van der Waals surface area contributed by atoms with E-state index in [1.165, 1.54) is 25.3 Å². The van der Waals surface area contributed by atoms with Crippen molar-refractivity contribution in [3.63, 3.8) is 0 Å². The second-order valence-corrected chi connectivity index (χ2v) is 6.56. The van der Waals surface area contributed by atoms with Gasteiger partial charge in [-0.15, -0.1) is 0 Å². The number of methoxy groups -OCH3 is 1. The van der Waals surface area contributed by atoms with Gasteiger partial charge in [-0.25, -0.2) is 0 Å². The minimum Gasteiger partial charge on any atom is -0.496 e. The summed E-state index contributed by atoms with van der Waals surface area (Å²) < 4.78 is 5.11. The van der Waals surface area contributed by atoms with E-state index in [0.717, 1.165) is 12.8 Å². The molecule has 7 heteroatoms. The Morgan fingerprint density at radius 2 is 2.19 bits per heavy atom. The average molecular weight is 357 g/mol. The SMILES string of the molecule is COc1cc([N+](=O)[O-])ccc1C(=O)N(C)CC1CC(Br)C1. The number of carbonyl (C=O) groups is 1. The smallest absolute Gasteiger partial charge is 0.273 e. The Morgan fingerprint density at radius 3 is 2.71 bits per heavy atom. The summed E-state index contributed by atoms with van der Waals surface area (Å²) in [6.07, 6.45) is 2.13. The third kappa shape index (κ3) is 3.53. The number of nitro groups is 1. The van der Waals surface area contributed by atoms with Crippen molar-refractivity contribution in [1.29, 1.82) is 0 Å². The highest BCUT2D eigenvalue weighted by Crippen LogP contribution is 2.34. The predicted octanol–water partition coefficient (Wildman–Crippen LogP) is 2.85. The van der Waals surface area contributed by atoms with Gasteiger partial charge in [0.05, 0.1) is 23.7 Å². The normalized spacial score (nSPS) is 20.5. The van der Waals surface area contributed by atoms with Gasteiger partial charge in [-0.2, -0.15) is 0 Å². The van der Waals surface area contributed by atoms with E-state index in [0.29, 0.717) is 22.9 Å². The quantitative estimate of drug-likeness (QED) is 0.462. The molecule has 2 rings (SSSR count). The second kappa shape index (κ2) is 6.43. The highest BCUT2D eigenvalue weighted by molar-refractivity contribution is 9.09. The molecule has 1 aromatic carbocycles. The van der Waals surface area contributed by atoms with Gasteiger partial charge in [0.25, 0.3) is 11.6 Å². The summed E-state index contributed by atoms with van der Waals surface area (Å²) in [5.74, 6) is 0.556. The summed E-state index contributed by atoms with van der Waals surface area (Å²) >= 11 is 3.53. The molecule has 6 nitrogen and oxygen atoms in total. The predicted molar refractivity (Wildman–Crippen MR) is 82.0 cm³/mol. The fraction of sp³-hybridized carbons (Fsp3) is 0.500. The van der Waals surface area contributed by atoms with Crippen molar-refractivity contribution in [1.82, 2.24) is 4.90 Å². The van der Waals surface area contributed by atoms with Crippen LogP contribution in [-0.2, 0) is 0 Å². The molecule has 0 aliphatic heterocycles. The number of non-ortho nitro benzene ring substituents is 1. The van der Waals surface area contributed by atoms with Gasteiger partial charge in [0.2, 0.25) is 0 Å². The zero-order chi connectivity index (χ0) is 15.6. The molecule has 114 valence electrons. The van der Waals surface area contributed by atoms with Crippen molar-refractivity contribution in [3.05, 3.63) is 33.9 Å². The molecule has 1 amide bonds. The molecule has 0 aromatic heterocycles.